The number of hydrogen-bond acceptors (Lipinski definition) is 6. The minimum Gasteiger partial charge on any atom is -0.496 e. The molecule has 1 aromatic rings. The van der Waals surface area contributed by atoms with Crippen LogP contribution in [-0.2, 0) is 14.3 Å². The minimum atomic E-state index is -1.24. The Bertz CT molecular complexity index is 514. The van der Waals surface area contributed by atoms with E-state index in [0.717, 1.165) is 7.11 Å². The molecule has 0 bridgehead atoms. The summed E-state index contributed by atoms with van der Waals surface area (Å²) in [4.78, 5) is 23.0. The molecule has 0 aliphatic rings. The van der Waals surface area contributed by atoms with Gasteiger partial charge in [0.2, 0.25) is 0 Å². The number of ketones is 1. The maximum absolute atomic E-state index is 11.8. The van der Waals surface area contributed by atoms with Crippen molar-refractivity contribution < 1.29 is 28.5 Å². The Morgan fingerprint density at radius 1 is 0.950 bits per heavy atom. The molecule has 0 saturated carbocycles. The molecule has 1 rings (SSSR count). The first-order chi connectivity index (χ1) is 9.49. The number of halogens is 1. The lowest BCUT2D eigenvalue weighted by Gasteiger charge is -2.16. The molecular formula is C13H15ClO6. The molecule has 110 valence electrons. The lowest BCUT2D eigenvalue weighted by atomic mass is 10.1. The monoisotopic (exact) mass is 302 g/mol. The molecular weight excluding hydrogens is 288 g/mol. The Kier molecular flexibility index (Phi) is 5.64. The number of Topliss-reactive ketones (excluding diaryl/α,β-unsaturated/α-hetero) is 1. The Balaban J connectivity index is 3.28. The standard InChI is InChI=1S/C13H15ClO6/c1-17-8-6-10(19-3)9(18-2)5-7(8)11(14)12(15)13(16)20-4/h5-6,11H,1-4H3. The highest BCUT2D eigenvalue weighted by Crippen LogP contribution is 2.39. The summed E-state index contributed by atoms with van der Waals surface area (Å²) < 4.78 is 19.8. The molecule has 20 heavy (non-hydrogen) atoms. The van der Waals surface area contributed by atoms with Crippen LogP contribution in [0.25, 0.3) is 0 Å². The van der Waals surface area contributed by atoms with E-state index in [4.69, 9.17) is 25.8 Å². The molecule has 0 spiro atoms. The number of carbonyl (C=O) groups excluding carboxylic acids is 2. The lowest BCUT2D eigenvalue weighted by Crippen LogP contribution is -2.20. The molecule has 0 fully saturated rings. The predicted molar refractivity (Wildman–Crippen MR) is 71.7 cm³/mol. The van der Waals surface area contributed by atoms with Crippen molar-refractivity contribution in [3.63, 3.8) is 0 Å². The van der Waals surface area contributed by atoms with Gasteiger partial charge in [-0.1, -0.05) is 0 Å². The zero-order chi connectivity index (χ0) is 15.3. The van der Waals surface area contributed by atoms with Gasteiger partial charge in [-0.3, -0.25) is 4.79 Å². The summed E-state index contributed by atoms with van der Waals surface area (Å²) in [5.41, 5.74) is 0.294. The van der Waals surface area contributed by atoms with E-state index < -0.39 is 17.1 Å². The van der Waals surface area contributed by atoms with E-state index in [0.29, 0.717) is 22.8 Å². The summed E-state index contributed by atoms with van der Waals surface area (Å²) in [5, 5.41) is -1.24. The van der Waals surface area contributed by atoms with Gasteiger partial charge in [-0.2, -0.15) is 0 Å². The fraction of sp³-hybridized carbons (Fsp3) is 0.385. The molecule has 0 aromatic heterocycles. The summed E-state index contributed by atoms with van der Waals surface area (Å²) >= 11 is 6.01. The van der Waals surface area contributed by atoms with Gasteiger partial charge in [-0.05, 0) is 6.07 Å². The fourth-order valence-electron chi connectivity index (χ4n) is 1.60. The molecule has 0 aliphatic carbocycles. The van der Waals surface area contributed by atoms with Crippen LogP contribution in [-0.4, -0.2) is 40.2 Å². The van der Waals surface area contributed by atoms with Crippen LogP contribution < -0.4 is 14.2 Å². The van der Waals surface area contributed by atoms with Crippen LogP contribution in [0.15, 0.2) is 12.1 Å². The van der Waals surface area contributed by atoms with Gasteiger partial charge in [-0.15, -0.1) is 11.6 Å². The van der Waals surface area contributed by atoms with Gasteiger partial charge in [0.1, 0.15) is 11.1 Å². The maximum Gasteiger partial charge on any atom is 0.376 e. The number of hydrogen-bond donors (Lipinski definition) is 0. The molecule has 0 amide bonds. The SMILES string of the molecule is COC(=O)C(=O)C(Cl)c1cc(OC)c(OC)cc1OC. The number of rotatable bonds is 6. The largest absolute Gasteiger partial charge is 0.496 e. The number of methoxy groups -OCH3 is 4. The van der Waals surface area contributed by atoms with Crippen molar-refractivity contribution in [2.75, 3.05) is 28.4 Å². The van der Waals surface area contributed by atoms with Crippen molar-refractivity contribution in [2.45, 2.75) is 5.38 Å². The van der Waals surface area contributed by atoms with Crippen molar-refractivity contribution in [2.24, 2.45) is 0 Å². The van der Waals surface area contributed by atoms with Crippen molar-refractivity contribution in [1.29, 1.82) is 0 Å². The zero-order valence-corrected chi connectivity index (χ0v) is 12.3. The molecule has 1 aromatic carbocycles. The van der Waals surface area contributed by atoms with E-state index in [1.165, 1.54) is 33.5 Å². The van der Waals surface area contributed by atoms with Crippen molar-refractivity contribution in [3.8, 4) is 17.2 Å². The third-order valence-corrected chi connectivity index (χ3v) is 3.06. The van der Waals surface area contributed by atoms with Crippen molar-refractivity contribution >= 4 is 23.4 Å². The molecule has 0 radical (unpaired) electrons. The van der Waals surface area contributed by atoms with Gasteiger partial charge in [0.15, 0.2) is 11.5 Å². The van der Waals surface area contributed by atoms with Gasteiger partial charge in [0, 0.05) is 11.6 Å². The van der Waals surface area contributed by atoms with E-state index in [9.17, 15) is 9.59 Å². The highest BCUT2D eigenvalue weighted by molar-refractivity contribution is 6.47. The number of ether oxygens (including phenoxy) is 4. The first-order valence-electron chi connectivity index (χ1n) is 5.56. The molecule has 0 N–H and O–H groups in total. The Hall–Kier alpha value is -1.95. The quantitative estimate of drug-likeness (QED) is 0.453. The summed E-state index contributed by atoms with van der Waals surface area (Å²) in [6, 6.07) is 3.00. The molecule has 7 heteroatoms. The number of esters is 1. The Morgan fingerprint density at radius 2 is 1.45 bits per heavy atom. The van der Waals surface area contributed by atoms with E-state index in [-0.39, 0.29) is 0 Å². The second kappa shape index (κ2) is 7.00. The first kappa shape index (κ1) is 16.1. The minimum absolute atomic E-state index is 0.294. The second-order valence-corrected chi connectivity index (χ2v) is 4.10. The molecule has 0 aliphatic heterocycles. The van der Waals surface area contributed by atoms with Crippen LogP contribution in [0.4, 0.5) is 0 Å². The summed E-state index contributed by atoms with van der Waals surface area (Å²) in [6.45, 7) is 0. The van der Waals surface area contributed by atoms with Crippen LogP contribution >= 0.6 is 11.6 Å². The van der Waals surface area contributed by atoms with E-state index in [2.05, 4.69) is 4.74 Å². The maximum atomic E-state index is 11.8. The lowest BCUT2D eigenvalue weighted by molar-refractivity contribution is -0.151. The van der Waals surface area contributed by atoms with Crippen LogP contribution in [0, 0.1) is 0 Å². The third kappa shape index (κ3) is 3.14. The fourth-order valence-corrected chi connectivity index (χ4v) is 1.86. The van der Waals surface area contributed by atoms with Gasteiger partial charge in [0.05, 0.1) is 28.4 Å². The molecule has 6 nitrogen and oxygen atoms in total. The average Bonchev–Trinajstić information content (AvgIpc) is 2.50. The molecule has 1 atom stereocenters. The van der Waals surface area contributed by atoms with Crippen molar-refractivity contribution in [1.82, 2.24) is 0 Å². The van der Waals surface area contributed by atoms with Gasteiger partial charge in [0.25, 0.3) is 5.78 Å². The van der Waals surface area contributed by atoms with Gasteiger partial charge >= 0.3 is 5.97 Å². The van der Waals surface area contributed by atoms with E-state index >= 15 is 0 Å². The molecule has 0 heterocycles. The second-order valence-electron chi connectivity index (χ2n) is 3.67. The summed E-state index contributed by atoms with van der Waals surface area (Å²) in [5.74, 6) is -0.824. The van der Waals surface area contributed by atoms with E-state index in [1.807, 2.05) is 0 Å². The van der Waals surface area contributed by atoms with Crippen LogP contribution in [0.1, 0.15) is 10.9 Å². The predicted octanol–water partition coefficient (Wildman–Crippen LogP) is 1.73. The van der Waals surface area contributed by atoms with E-state index in [1.54, 1.807) is 0 Å². The van der Waals surface area contributed by atoms with Crippen molar-refractivity contribution in [3.05, 3.63) is 17.7 Å². The highest BCUT2D eigenvalue weighted by Gasteiger charge is 2.29. The normalized spacial score (nSPS) is 11.4. The number of benzene rings is 1. The molecule has 0 saturated heterocycles. The van der Waals surface area contributed by atoms with Gasteiger partial charge in [-0.25, -0.2) is 4.79 Å². The van der Waals surface area contributed by atoms with Crippen LogP contribution in [0.5, 0.6) is 17.2 Å². The molecule has 1 unspecified atom stereocenters. The average molecular weight is 303 g/mol. The van der Waals surface area contributed by atoms with Crippen LogP contribution in [0.3, 0.4) is 0 Å². The third-order valence-electron chi connectivity index (χ3n) is 2.63. The number of alkyl halides is 1. The Morgan fingerprint density at radius 3 is 1.90 bits per heavy atom. The Labute approximate surface area is 121 Å². The van der Waals surface area contributed by atoms with Gasteiger partial charge < -0.3 is 18.9 Å². The first-order valence-corrected chi connectivity index (χ1v) is 5.99. The topological polar surface area (TPSA) is 71.1 Å². The number of carbonyl (C=O) groups is 2. The van der Waals surface area contributed by atoms with Crippen LogP contribution in [0.2, 0.25) is 0 Å². The zero-order valence-electron chi connectivity index (χ0n) is 11.6. The highest BCUT2D eigenvalue weighted by atomic mass is 35.5. The smallest absolute Gasteiger partial charge is 0.376 e. The summed E-state index contributed by atoms with van der Waals surface area (Å²) in [6.07, 6.45) is 0. The summed E-state index contributed by atoms with van der Waals surface area (Å²) in [7, 11) is 5.43.